The number of nitrogens with two attached hydrogens (primary N) is 1. The molecule has 6 nitrogen and oxygen atoms in total. The van der Waals surface area contributed by atoms with Crippen molar-refractivity contribution in [1.29, 1.82) is 0 Å². The zero-order chi connectivity index (χ0) is 22.0. The second kappa shape index (κ2) is 8.75. The molecule has 0 saturated carbocycles. The molecule has 31 heavy (non-hydrogen) atoms. The summed E-state index contributed by atoms with van der Waals surface area (Å²) < 4.78 is 0. The predicted octanol–water partition coefficient (Wildman–Crippen LogP) is 3.52. The molecule has 2 aliphatic rings. The maximum absolute atomic E-state index is 13.2. The average molecular weight is 437 g/mol. The molecule has 2 N–H and O–H groups in total. The minimum atomic E-state index is -0.379. The van der Waals surface area contributed by atoms with E-state index in [4.69, 9.17) is 5.73 Å². The Bertz CT molecular complexity index is 1010. The monoisotopic (exact) mass is 436 g/mol. The highest BCUT2D eigenvalue weighted by atomic mass is 32.2. The van der Waals surface area contributed by atoms with Crippen molar-refractivity contribution >= 4 is 34.3 Å². The molecule has 2 aromatic carbocycles. The van der Waals surface area contributed by atoms with E-state index in [1.807, 2.05) is 53.4 Å². The van der Waals surface area contributed by atoms with Gasteiger partial charge >= 0.3 is 0 Å². The molecule has 1 atom stereocenters. The summed E-state index contributed by atoms with van der Waals surface area (Å²) in [7, 11) is 0. The zero-order valence-corrected chi connectivity index (χ0v) is 18.8. The van der Waals surface area contributed by atoms with Crippen molar-refractivity contribution in [3.8, 4) is 0 Å². The number of hydrogen-bond acceptors (Lipinski definition) is 6. The lowest BCUT2D eigenvalue weighted by molar-refractivity contribution is 0.0746. The van der Waals surface area contributed by atoms with Crippen LogP contribution in [-0.4, -0.2) is 53.7 Å². The van der Waals surface area contributed by atoms with Gasteiger partial charge in [-0.05, 0) is 62.2 Å². The summed E-state index contributed by atoms with van der Waals surface area (Å²) in [6, 6.07) is 15.5. The van der Waals surface area contributed by atoms with Crippen LogP contribution in [0.5, 0.6) is 0 Å². The van der Waals surface area contributed by atoms with E-state index in [9.17, 15) is 9.59 Å². The van der Waals surface area contributed by atoms with Crippen LogP contribution in [0.2, 0.25) is 0 Å². The first-order valence-electron chi connectivity index (χ1n) is 10.6. The summed E-state index contributed by atoms with van der Waals surface area (Å²) in [6.45, 7) is 6.51. The molecule has 7 heteroatoms. The van der Waals surface area contributed by atoms with Crippen LogP contribution in [0.3, 0.4) is 0 Å². The minimum Gasteiger partial charge on any atom is -0.379 e. The Labute approximate surface area is 187 Å². The topological polar surface area (TPSA) is 79.0 Å². The molecular formula is C24H28N4O2S. The molecule has 0 radical (unpaired) electrons. The van der Waals surface area contributed by atoms with Gasteiger partial charge in [0.1, 0.15) is 0 Å². The van der Waals surface area contributed by atoms with Crippen molar-refractivity contribution in [3.05, 3.63) is 65.2 Å². The van der Waals surface area contributed by atoms with Gasteiger partial charge in [-0.15, -0.1) is 0 Å². The molecule has 2 aromatic rings. The largest absolute Gasteiger partial charge is 0.379 e. The van der Waals surface area contributed by atoms with Crippen LogP contribution in [-0.2, 0) is 5.54 Å². The van der Waals surface area contributed by atoms with Gasteiger partial charge in [0.15, 0.2) is 11.0 Å². The predicted molar refractivity (Wildman–Crippen MR) is 127 cm³/mol. The van der Waals surface area contributed by atoms with Gasteiger partial charge in [-0.2, -0.15) is 0 Å². The van der Waals surface area contributed by atoms with E-state index in [2.05, 4.69) is 16.8 Å². The third kappa shape index (κ3) is 4.61. The molecule has 1 amide bonds. The molecule has 2 aliphatic heterocycles. The molecule has 0 aliphatic carbocycles. The Morgan fingerprint density at radius 2 is 1.74 bits per heavy atom. The van der Waals surface area contributed by atoms with E-state index in [1.54, 1.807) is 18.7 Å². The van der Waals surface area contributed by atoms with Gasteiger partial charge in [0.05, 0.1) is 5.54 Å². The van der Waals surface area contributed by atoms with E-state index < -0.39 is 0 Å². The van der Waals surface area contributed by atoms with E-state index in [0.29, 0.717) is 29.4 Å². The summed E-state index contributed by atoms with van der Waals surface area (Å²) in [6.07, 6.45) is 0.900. The average Bonchev–Trinajstić information content (AvgIpc) is 2.79. The lowest BCUT2D eigenvalue weighted by atomic mass is 9.88. The molecule has 1 fully saturated rings. The van der Waals surface area contributed by atoms with E-state index in [0.717, 1.165) is 36.5 Å². The van der Waals surface area contributed by atoms with Gasteiger partial charge < -0.3 is 15.5 Å². The number of carbonyl (C=O) groups excluding carboxylic acids is 2. The van der Waals surface area contributed by atoms with Crippen LogP contribution in [0.15, 0.2) is 53.5 Å². The molecular weight excluding hydrogens is 408 g/mol. The third-order valence-electron chi connectivity index (χ3n) is 6.13. The van der Waals surface area contributed by atoms with Crippen molar-refractivity contribution < 1.29 is 9.59 Å². The SMILES string of the molecule is CC(=O)c1ccc(N2CCN(C(=O)c3cccc(C4(C)CCSC(N)=N4)c3)CC2)cc1. The molecule has 4 rings (SSSR count). The van der Waals surface area contributed by atoms with Crippen LogP contribution in [0, 0.1) is 0 Å². The van der Waals surface area contributed by atoms with Gasteiger partial charge in [0, 0.05) is 48.7 Å². The standard InChI is InChI=1S/C24H28N4O2S/c1-17(29)18-6-8-21(9-7-18)27-11-13-28(14-12-27)22(30)19-4-3-5-20(16-19)24(2)10-15-31-23(25)26-24/h3-9,16H,10-15H2,1-2H3,(H2,25,26). The number of rotatable bonds is 4. The van der Waals surface area contributed by atoms with Crippen molar-refractivity contribution in [1.82, 2.24) is 4.90 Å². The second-order valence-corrected chi connectivity index (χ2v) is 9.40. The third-order valence-corrected chi connectivity index (χ3v) is 6.93. The lowest BCUT2D eigenvalue weighted by Gasteiger charge is -2.36. The Kier molecular flexibility index (Phi) is 6.05. The number of amides is 1. The van der Waals surface area contributed by atoms with Crippen molar-refractivity contribution in [2.24, 2.45) is 10.7 Å². The van der Waals surface area contributed by atoms with E-state index in [1.165, 1.54) is 0 Å². The Hall–Kier alpha value is -2.80. The van der Waals surface area contributed by atoms with Gasteiger partial charge in [-0.1, -0.05) is 23.9 Å². The minimum absolute atomic E-state index is 0.0548. The highest BCUT2D eigenvalue weighted by Crippen LogP contribution is 2.35. The van der Waals surface area contributed by atoms with Crippen molar-refractivity contribution in [2.75, 3.05) is 36.8 Å². The molecule has 0 spiro atoms. The fourth-order valence-corrected chi connectivity index (χ4v) is 5.11. The summed E-state index contributed by atoms with van der Waals surface area (Å²) in [5.41, 5.74) is 9.11. The van der Waals surface area contributed by atoms with E-state index >= 15 is 0 Å². The fraction of sp³-hybridized carbons (Fsp3) is 0.375. The second-order valence-electron chi connectivity index (χ2n) is 8.29. The first kappa shape index (κ1) is 21.4. The molecule has 0 aromatic heterocycles. The number of thioether (sulfide) groups is 1. The quantitative estimate of drug-likeness (QED) is 0.742. The summed E-state index contributed by atoms with van der Waals surface area (Å²) in [5, 5.41) is 0.609. The van der Waals surface area contributed by atoms with Gasteiger partial charge in [0.2, 0.25) is 0 Å². The Balaban J connectivity index is 1.43. The van der Waals surface area contributed by atoms with Crippen molar-refractivity contribution in [2.45, 2.75) is 25.8 Å². The van der Waals surface area contributed by atoms with Crippen LogP contribution < -0.4 is 10.6 Å². The summed E-state index contributed by atoms with van der Waals surface area (Å²) >= 11 is 1.58. The number of anilines is 1. The van der Waals surface area contributed by atoms with Crippen LogP contribution in [0.4, 0.5) is 5.69 Å². The number of benzene rings is 2. The van der Waals surface area contributed by atoms with Crippen molar-refractivity contribution in [3.63, 3.8) is 0 Å². The highest BCUT2D eigenvalue weighted by molar-refractivity contribution is 8.13. The van der Waals surface area contributed by atoms with Crippen LogP contribution in [0.1, 0.15) is 46.5 Å². The normalized spacial score (nSPS) is 21.5. The van der Waals surface area contributed by atoms with Gasteiger partial charge in [-0.25, -0.2) is 0 Å². The van der Waals surface area contributed by atoms with Crippen LogP contribution >= 0.6 is 11.8 Å². The van der Waals surface area contributed by atoms with Gasteiger partial charge in [0.25, 0.3) is 5.91 Å². The Morgan fingerprint density at radius 3 is 2.39 bits per heavy atom. The van der Waals surface area contributed by atoms with E-state index in [-0.39, 0.29) is 17.2 Å². The smallest absolute Gasteiger partial charge is 0.253 e. The number of hydrogen-bond donors (Lipinski definition) is 1. The lowest BCUT2D eigenvalue weighted by Crippen LogP contribution is -2.48. The fourth-order valence-electron chi connectivity index (χ4n) is 4.14. The number of ketones is 1. The number of Topliss-reactive ketones (excluding diaryl/α,β-unsaturated/α-hetero) is 1. The summed E-state index contributed by atoms with van der Waals surface area (Å²) in [4.78, 5) is 33.5. The molecule has 162 valence electrons. The van der Waals surface area contributed by atoms with Gasteiger partial charge in [-0.3, -0.25) is 14.6 Å². The highest BCUT2D eigenvalue weighted by Gasteiger charge is 2.30. The number of amidine groups is 1. The number of nitrogens with zero attached hydrogens (tertiary/aromatic N) is 3. The zero-order valence-electron chi connectivity index (χ0n) is 18.0. The number of aliphatic imine (C=N–C) groups is 1. The first-order chi connectivity index (χ1) is 14.9. The number of carbonyl (C=O) groups is 2. The maximum Gasteiger partial charge on any atom is 0.253 e. The first-order valence-corrected chi connectivity index (χ1v) is 11.6. The Morgan fingerprint density at radius 1 is 1.03 bits per heavy atom. The maximum atomic E-state index is 13.2. The molecule has 1 saturated heterocycles. The number of piperazine rings is 1. The molecule has 2 heterocycles. The molecule has 1 unspecified atom stereocenters. The molecule has 0 bridgehead atoms. The van der Waals surface area contributed by atoms with Crippen LogP contribution in [0.25, 0.3) is 0 Å². The summed E-state index contributed by atoms with van der Waals surface area (Å²) in [5.74, 6) is 1.05.